The van der Waals surface area contributed by atoms with Gasteiger partial charge in [0, 0.05) is 12.1 Å². The van der Waals surface area contributed by atoms with Crippen LogP contribution in [-0.4, -0.2) is 24.6 Å². The molecule has 0 bridgehead atoms. The van der Waals surface area contributed by atoms with Crippen molar-refractivity contribution in [2.75, 3.05) is 17.3 Å². The zero-order chi connectivity index (χ0) is 12.9. The third kappa shape index (κ3) is 1.41. The highest BCUT2D eigenvalue weighted by Crippen LogP contribution is 2.51. The minimum Gasteiger partial charge on any atom is -0.497 e. The first kappa shape index (κ1) is 11.4. The van der Waals surface area contributed by atoms with E-state index in [1.165, 1.54) is 0 Å². The SMILES string of the molecule is COc1ccc2c(c1)NC(=O)C1(CC1)N2C(C)C. The maximum Gasteiger partial charge on any atom is 0.250 e. The molecule has 18 heavy (non-hydrogen) atoms. The van der Waals surface area contributed by atoms with Crippen LogP contribution < -0.4 is 15.0 Å². The Morgan fingerprint density at radius 3 is 2.67 bits per heavy atom. The van der Waals surface area contributed by atoms with E-state index in [1.807, 2.05) is 18.2 Å². The molecule has 1 N–H and O–H groups in total. The monoisotopic (exact) mass is 246 g/mol. The predicted octanol–water partition coefficient (Wildman–Crippen LogP) is 2.39. The van der Waals surface area contributed by atoms with E-state index in [4.69, 9.17) is 4.74 Å². The standard InChI is InChI=1S/C14H18N2O2/c1-9(2)16-12-5-4-10(18-3)8-11(12)15-13(17)14(16)6-7-14/h4-5,8-9H,6-7H2,1-3H3,(H,15,17). The zero-order valence-electron chi connectivity index (χ0n) is 11.0. The smallest absolute Gasteiger partial charge is 0.250 e. The van der Waals surface area contributed by atoms with Crippen molar-refractivity contribution < 1.29 is 9.53 Å². The second-order valence-corrected chi connectivity index (χ2v) is 5.33. The fraction of sp³-hybridized carbons (Fsp3) is 0.500. The number of nitrogens with one attached hydrogen (secondary N) is 1. The van der Waals surface area contributed by atoms with E-state index in [0.717, 1.165) is 30.0 Å². The van der Waals surface area contributed by atoms with Crippen LogP contribution in [0.5, 0.6) is 5.75 Å². The van der Waals surface area contributed by atoms with Crippen molar-refractivity contribution in [1.82, 2.24) is 0 Å². The Morgan fingerprint density at radius 1 is 1.39 bits per heavy atom. The molecule has 1 aromatic carbocycles. The lowest BCUT2D eigenvalue weighted by atomic mass is 10.0. The van der Waals surface area contributed by atoms with Crippen molar-refractivity contribution in [3.05, 3.63) is 18.2 Å². The first-order valence-electron chi connectivity index (χ1n) is 6.37. The van der Waals surface area contributed by atoms with Crippen molar-refractivity contribution in [2.45, 2.75) is 38.3 Å². The number of hydrogen-bond acceptors (Lipinski definition) is 3. The molecule has 1 spiro atoms. The molecule has 1 aliphatic carbocycles. The molecular formula is C14H18N2O2. The Balaban J connectivity index is 2.11. The summed E-state index contributed by atoms with van der Waals surface area (Å²) >= 11 is 0. The van der Waals surface area contributed by atoms with E-state index < -0.39 is 0 Å². The van der Waals surface area contributed by atoms with Gasteiger partial charge in [-0.05, 0) is 38.8 Å². The van der Waals surface area contributed by atoms with Crippen LogP contribution in [0.3, 0.4) is 0 Å². The number of nitrogens with zero attached hydrogens (tertiary/aromatic N) is 1. The molecule has 0 atom stereocenters. The van der Waals surface area contributed by atoms with Gasteiger partial charge in [-0.1, -0.05) is 0 Å². The summed E-state index contributed by atoms with van der Waals surface area (Å²) in [4.78, 5) is 14.5. The van der Waals surface area contributed by atoms with Crippen molar-refractivity contribution in [1.29, 1.82) is 0 Å². The Bertz CT molecular complexity index is 507. The van der Waals surface area contributed by atoms with E-state index in [1.54, 1.807) is 7.11 Å². The zero-order valence-corrected chi connectivity index (χ0v) is 11.0. The number of fused-ring (bicyclic) bond motifs is 1. The molecule has 0 aromatic heterocycles. The van der Waals surface area contributed by atoms with Gasteiger partial charge in [0.2, 0.25) is 5.91 Å². The summed E-state index contributed by atoms with van der Waals surface area (Å²) in [6, 6.07) is 6.18. The van der Waals surface area contributed by atoms with Gasteiger partial charge in [0.15, 0.2) is 0 Å². The van der Waals surface area contributed by atoms with Gasteiger partial charge >= 0.3 is 0 Å². The Morgan fingerprint density at radius 2 is 2.11 bits per heavy atom. The average Bonchev–Trinajstić information content (AvgIpc) is 3.11. The molecule has 3 rings (SSSR count). The molecule has 1 saturated carbocycles. The summed E-state index contributed by atoms with van der Waals surface area (Å²) in [5, 5.41) is 3.01. The highest BCUT2D eigenvalue weighted by atomic mass is 16.5. The van der Waals surface area contributed by atoms with E-state index in [9.17, 15) is 4.79 Å². The van der Waals surface area contributed by atoms with Crippen LogP contribution in [0.4, 0.5) is 11.4 Å². The third-order valence-corrected chi connectivity index (χ3v) is 3.84. The number of benzene rings is 1. The van der Waals surface area contributed by atoms with Gasteiger partial charge in [-0.25, -0.2) is 0 Å². The molecular weight excluding hydrogens is 228 g/mol. The molecule has 1 aliphatic heterocycles. The van der Waals surface area contributed by atoms with E-state index >= 15 is 0 Å². The van der Waals surface area contributed by atoms with Gasteiger partial charge in [0.05, 0.1) is 18.5 Å². The third-order valence-electron chi connectivity index (χ3n) is 3.84. The highest BCUT2D eigenvalue weighted by molar-refractivity contribution is 6.09. The highest BCUT2D eigenvalue weighted by Gasteiger charge is 2.58. The van der Waals surface area contributed by atoms with Crippen molar-refractivity contribution in [2.24, 2.45) is 0 Å². The first-order chi connectivity index (χ1) is 8.58. The molecule has 4 heteroatoms. The quantitative estimate of drug-likeness (QED) is 0.871. The number of rotatable bonds is 2. The van der Waals surface area contributed by atoms with Crippen molar-refractivity contribution in [3.8, 4) is 5.75 Å². The Kier molecular flexibility index (Phi) is 2.30. The molecule has 96 valence electrons. The molecule has 2 aliphatic rings. The van der Waals surface area contributed by atoms with Crippen LogP contribution in [0.15, 0.2) is 18.2 Å². The lowest BCUT2D eigenvalue weighted by molar-refractivity contribution is -0.118. The summed E-state index contributed by atoms with van der Waals surface area (Å²) in [5.41, 5.74) is 1.66. The molecule has 1 amide bonds. The minimum atomic E-state index is -0.296. The van der Waals surface area contributed by atoms with Crippen LogP contribution in [0, 0.1) is 0 Å². The van der Waals surface area contributed by atoms with Gasteiger partial charge in [-0.3, -0.25) is 4.79 Å². The number of carbonyl (C=O) groups is 1. The second-order valence-electron chi connectivity index (χ2n) is 5.33. The molecule has 0 saturated heterocycles. The maximum atomic E-state index is 12.3. The molecule has 0 radical (unpaired) electrons. The predicted molar refractivity (Wildman–Crippen MR) is 71.2 cm³/mol. The van der Waals surface area contributed by atoms with Gasteiger partial charge in [0.1, 0.15) is 11.3 Å². The lowest BCUT2D eigenvalue weighted by Crippen LogP contribution is -2.53. The molecule has 0 unspecified atom stereocenters. The Hall–Kier alpha value is -1.71. The fourth-order valence-electron chi connectivity index (χ4n) is 2.89. The van der Waals surface area contributed by atoms with Crippen LogP contribution in [0.2, 0.25) is 0 Å². The molecule has 4 nitrogen and oxygen atoms in total. The minimum absolute atomic E-state index is 0.122. The van der Waals surface area contributed by atoms with Gasteiger partial charge < -0.3 is 15.0 Å². The summed E-state index contributed by atoms with van der Waals surface area (Å²) < 4.78 is 5.21. The number of carbonyl (C=O) groups excluding carboxylic acids is 1. The van der Waals surface area contributed by atoms with Crippen molar-refractivity contribution in [3.63, 3.8) is 0 Å². The molecule has 1 aromatic rings. The van der Waals surface area contributed by atoms with Gasteiger partial charge in [0.25, 0.3) is 0 Å². The maximum absolute atomic E-state index is 12.3. The normalized spacial score (nSPS) is 19.8. The Labute approximate surface area is 107 Å². The summed E-state index contributed by atoms with van der Waals surface area (Å²) in [6.07, 6.45) is 1.89. The van der Waals surface area contributed by atoms with E-state index in [2.05, 4.69) is 24.1 Å². The largest absolute Gasteiger partial charge is 0.497 e. The molecule has 1 fully saturated rings. The first-order valence-corrected chi connectivity index (χ1v) is 6.37. The number of ether oxygens (including phenoxy) is 1. The number of anilines is 2. The summed E-state index contributed by atoms with van der Waals surface area (Å²) in [6.45, 7) is 4.26. The van der Waals surface area contributed by atoms with E-state index in [0.29, 0.717) is 6.04 Å². The average molecular weight is 246 g/mol. The second kappa shape index (κ2) is 3.64. The van der Waals surface area contributed by atoms with Crippen LogP contribution >= 0.6 is 0 Å². The number of amides is 1. The van der Waals surface area contributed by atoms with Crippen LogP contribution in [0.1, 0.15) is 26.7 Å². The lowest BCUT2D eigenvalue weighted by Gasteiger charge is -2.41. The van der Waals surface area contributed by atoms with E-state index in [-0.39, 0.29) is 11.4 Å². The summed E-state index contributed by atoms with van der Waals surface area (Å²) in [5.74, 6) is 0.890. The topological polar surface area (TPSA) is 41.6 Å². The van der Waals surface area contributed by atoms with Crippen molar-refractivity contribution >= 4 is 17.3 Å². The van der Waals surface area contributed by atoms with Gasteiger partial charge in [-0.2, -0.15) is 0 Å². The fourth-order valence-corrected chi connectivity index (χ4v) is 2.89. The van der Waals surface area contributed by atoms with Gasteiger partial charge in [-0.15, -0.1) is 0 Å². The summed E-state index contributed by atoms with van der Waals surface area (Å²) in [7, 11) is 1.63. The van der Waals surface area contributed by atoms with Crippen LogP contribution in [-0.2, 0) is 4.79 Å². The number of hydrogen-bond donors (Lipinski definition) is 1. The number of methoxy groups -OCH3 is 1. The van der Waals surface area contributed by atoms with Crippen LogP contribution in [0.25, 0.3) is 0 Å². The molecule has 1 heterocycles.